The van der Waals surface area contributed by atoms with Gasteiger partial charge in [0, 0.05) is 18.7 Å². The molecule has 0 unspecified atom stereocenters. The quantitative estimate of drug-likeness (QED) is 0.904. The van der Waals surface area contributed by atoms with E-state index >= 15 is 0 Å². The molecule has 7 heteroatoms. The number of thiophene rings is 1. The van der Waals surface area contributed by atoms with E-state index in [-0.39, 0.29) is 11.8 Å². The van der Waals surface area contributed by atoms with Gasteiger partial charge >= 0.3 is 0 Å². The molecule has 22 heavy (non-hydrogen) atoms. The highest BCUT2D eigenvalue weighted by Crippen LogP contribution is 2.25. The molecule has 0 bridgehead atoms. The number of halogens is 1. The second-order valence-corrected chi connectivity index (χ2v) is 6.34. The second-order valence-electron chi connectivity index (χ2n) is 4.99. The highest BCUT2D eigenvalue weighted by atomic mass is 35.5. The number of aliphatic hydroxyl groups excluding tert-OH is 1. The van der Waals surface area contributed by atoms with Gasteiger partial charge in [0.1, 0.15) is 0 Å². The van der Waals surface area contributed by atoms with Crippen LogP contribution in [0.3, 0.4) is 0 Å². The van der Waals surface area contributed by atoms with Crippen LogP contribution in [0.25, 0.3) is 0 Å². The number of carbonyl (C=O) groups excluding carboxylic acids is 2. The van der Waals surface area contributed by atoms with E-state index in [0.717, 1.165) is 0 Å². The number of rotatable bonds is 3. The number of nitrogens with one attached hydrogen (secondary N) is 1. The zero-order valence-electron chi connectivity index (χ0n) is 11.5. The van der Waals surface area contributed by atoms with Crippen LogP contribution in [-0.2, 0) is 0 Å². The number of anilines is 1. The summed E-state index contributed by atoms with van der Waals surface area (Å²) in [5.41, 5.74) is 0.824. The standard InChI is InChI=1S/C15H13ClN2O3S/c16-11-4-3-9(15(21)18-7-10(19)8-18)6-12(11)17-14(20)13-2-1-5-22-13/h1-6,10,19H,7-8H2,(H,17,20). The van der Waals surface area contributed by atoms with Crippen LogP contribution in [0.5, 0.6) is 0 Å². The molecule has 0 spiro atoms. The lowest BCUT2D eigenvalue weighted by Crippen LogP contribution is -2.53. The van der Waals surface area contributed by atoms with Gasteiger partial charge < -0.3 is 15.3 Å². The average Bonchev–Trinajstić information content (AvgIpc) is 3.00. The van der Waals surface area contributed by atoms with Gasteiger partial charge in [-0.25, -0.2) is 0 Å². The first-order chi connectivity index (χ1) is 10.5. The first-order valence-electron chi connectivity index (χ1n) is 6.66. The number of amides is 2. The highest BCUT2D eigenvalue weighted by molar-refractivity contribution is 7.12. The minimum atomic E-state index is -0.450. The van der Waals surface area contributed by atoms with Crippen LogP contribution < -0.4 is 5.32 Å². The summed E-state index contributed by atoms with van der Waals surface area (Å²) in [5.74, 6) is -0.450. The predicted molar refractivity (Wildman–Crippen MR) is 85.6 cm³/mol. The first-order valence-corrected chi connectivity index (χ1v) is 7.92. The molecule has 2 amide bonds. The molecule has 0 aliphatic carbocycles. The molecule has 2 aromatic rings. The van der Waals surface area contributed by atoms with Gasteiger partial charge in [-0.05, 0) is 29.6 Å². The molecule has 5 nitrogen and oxygen atoms in total. The van der Waals surface area contributed by atoms with E-state index in [1.54, 1.807) is 35.2 Å². The van der Waals surface area contributed by atoms with Gasteiger partial charge in [-0.1, -0.05) is 17.7 Å². The zero-order valence-corrected chi connectivity index (χ0v) is 13.0. The van der Waals surface area contributed by atoms with E-state index in [4.69, 9.17) is 11.6 Å². The van der Waals surface area contributed by atoms with Crippen molar-refractivity contribution in [2.24, 2.45) is 0 Å². The SMILES string of the molecule is O=C(Nc1cc(C(=O)N2CC(O)C2)ccc1Cl)c1cccs1. The molecule has 2 heterocycles. The van der Waals surface area contributed by atoms with Crippen molar-refractivity contribution in [1.82, 2.24) is 4.90 Å². The summed E-state index contributed by atoms with van der Waals surface area (Å²) in [4.78, 5) is 26.4. The Hall–Kier alpha value is -1.89. The maximum absolute atomic E-state index is 12.2. The van der Waals surface area contributed by atoms with E-state index in [2.05, 4.69) is 5.32 Å². The molecular weight excluding hydrogens is 324 g/mol. The molecule has 0 atom stereocenters. The van der Waals surface area contributed by atoms with E-state index < -0.39 is 6.10 Å². The van der Waals surface area contributed by atoms with Gasteiger partial charge in [0.15, 0.2) is 0 Å². The number of aliphatic hydroxyl groups is 1. The summed E-state index contributed by atoms with van der Waals surface area (Å²) in [7, 11) is 0. The molecule has 0 radical (unpaired) electrons. The van der Waals surface area contributed by atoms with Crippen LogP contribution in [0.4, 0.5) is 5.69 Å². The Morgan fingerprint density at radius 3 is 2.73 bits per heavy atom. The zero-order chi connectivity index (χ0) is 15.7. The summed E-state index contributed by atoms with van der Waals surface area (Å²) in [6, 6.07) is 8.24. The van der Waals surface area contributed by atoms with Gasteiger partial charge in [-0.15, -0.1) is 11.3 Å². The fourth-order valence-corrected chi connectivity index (χ4v) is 2.93. The van der Waals surface area contributed by atoms with Crippen LogP contribution >= 0.6 is 22.9 Å². The molecule has 1 saturated heterocycles. The molecule has 0 saturated carbocycles. The Morgan fingerprint density at radius 2 is 2.09 bits per heavy atom. The van der Waals surface area contributed by atoms with Gasteiger partial charge in [0.05, 0.1) is 21.7 Å². The number of likely N-dealkylation sites (tertiary alicyclic amines) is 1. The van der Waals surface area contributed by atoms with Crippen LogP contribution in [0.1, 0.15) is 20.0 Å². The Labute approximate surface area is 136 Å². The highest BCUT2D eigenvalue weighted by Gasteiger charge is 2.29. The van der Waals surface area contributed by atoms with Crippen LogP contribution in [0, 0.1) is 0 Å². The van der Waals surface area contributed by atoms with E-state index in [9.17, 15) is 14.7 Å². The maximum atomic E-state index is 12.2. The van der Waals surface area contributed by atoms with Crippen LogP contribution in [0.2, 0.25) is 5.02 Å². The lowest BCUT2D eigenvalue weighted by molar-refractivity contribution is 0.00590. The number of hydrogen-bond acceptors (Lipinski definition) is 4. The van der Waals surface area contributed by atoms with Crippen molar-refractivity contribution in [2.75, 3.05) is 18.4 Å². The van der Waals surface area contributed by atoms with Crippen molar-refractivity contribution < 1.29 is 14.7 Å². The minimum absolute atomic E-state index is 0.186. The minimum Gasteiger partial charge on any atom is -0.389 e. The van der Waals surface area contributed by atoms with Gasteiger partial charge in [0.2, 0.25) is 0 Å². The van der Waals surface area contributed by atoms with Gasteiger partial charge in [0.25, 0.3) is 11.8 Å². The summed E-state index contributed by atoms with van der Waals surface area (Å²) in [6.07, 6.45) is -0.450. The molecule has 1 aliphatic rings. The second kappa shape index (κ2) is 6.08. The van der Waals surface area contributed by atoms with Crippen molar-refractivity contribution in [1.29, 1.82) is 0 Å². The fourth-order valence-electron chi connectivity index (χ4n) is 2.15. The maximum Gasteiger partial charge on any atom is 0.265 e. The number of hydrogen-bond donors (Lipinski definition) is 2. The third kappa shape index (κ3) is 2.99. The first kappa shape index (κ1) is 15.0. The average molecular weight is 337 g/mol. The van der Waals surface area contributed by atoms with E-state index in [0.29, 0.717) is 34.2 Å². The van der Waals surface area contributed by atoms with Crippen LogP contribution in [0.15, 0.2) is 35.7 Å². The molecule has 1 aromatic carbocycles. The summed E-state index contributed by atoms with van der Waals surface area (Å²) in [5, 5.41) is 14.2. The molecule has 1 aromatic heterocycles. The topological polar surface area (TPSA) is 69.6 Å². The summed E-state index contributed by atoms with van der Waals surface area (Å²) in [6.45, 7) is 0.663. The van der Waals surface area contributed by atoms with Gasteiger partial charge in [-0.3, -0.25) is 9.59 Å². The number of β-amino-alcohol motifs (C(OH)–C–C–N with tert-alkyl or cyclic N) is 1. The molecule has 1 fully saturated rings. The predicted octanol–water partition coefficient (Wildman–Crippen LogP) is 2.47. The molecular formula is C15H13ClN2O3S. The van der Waals surface area contributed by atoms with E-state index in [1.807, 2.05) is 5.38 Å². The lowest BCUT2D eigenvalue weighted by atomic mass is 10.1. The molecule has 3 rings (SSSR count). The largest absolute Gasteiger partial charge is 0.389 e. The van der Waals surface area contributed by atoms with Crippen molar-refractivity contribution in [3.63, 3.8) is 0 Å². The lowest BCUT2D eigenvalue weighted by Gasteiger charge is -2.35. The Balaban J connectivity index is 1.78. The third-order valence-corrected chi connectivity index (χ3v) is 4.55. The summed E-state index contributed by atoms with van der Waals surface area (Å²) >= 11 is 7.41. The fraction of sp³-hybridized carbons (Fsp3) is 0.200. The normalized spacial score (nSPS) is 14.5. The molecule has 2 N–H and O–H groups in total. The Bertz CT molecular complexity index is 712. The third-order valence-electron chi connectivity index (χ3n) is 3.36. The number of nitrogens with zero attached hydrogens (tertiary/aromatic N) is 1. The number of benzene rings is 1. The number of carbonyl (C=O) groups is 2. The Kier molecular flexibility index (Phi) is 4.15. The summed E-state index contributed by atoms with van der Waals surface area (Å²) < 4.78 is 0. The van der Waals surface area contributed by atoms with Crippen molar-refractivity contribution in [3.05, 3.63) is 51.2 Å². The van der Waals surface area contributed by atoms with Crippen molar-refractivity contribution >= 4 is 40.4 Å². The molecule has 1 aliphatic heterocycles. The van der Waals surface area contributed by atoms with E-state index in [1.165, 1.54) is 11.3 Å². The smallest absolute Gasteiger partial charge is 0.265 e. The van der Waals surface area contributed by atoms with Gasteiger partial charge in [-0.2, -0.15) is 0 Å². The van der Waals surface area contributed by atoms with Crippen molar-refractivity contribution in [2.45, 2.75) is 6.10 Å². The molecule has 114 valence electrons. The van der Waals surface area contributed by atoms with Crippen molar-refractivity contribution in [3.8, 4) is 0 Å². The monoisotopic (exact) mass is 336 g/mol. The Morgan fingerprint density at radius 1 is 1.32 bits per heavy atom. The van der Waals surface area contributed by atoms with Crippen LogP contribution in [-0.4, -0.2) is 41.0 Å².